The second-order valence-electron chi connectivity index (χ2n) is 4.79. The molecular formula is C15H24N2S. The van der Waals surface area contributed by atoms with Crippen molar-refractivity contribution >= 4 is 11.8 Å². The summed E-state index contributed by atoms with van der Waals surface area (Å²) in [6.07, 6.45) is 2.45. The lowest BCUT2D eigenvalue weighted by Crippen LogP contribution is -2.40. The maximum absolute atomic E-state index is 5.99. The van der Waals surface area contributed by atoms with Crippen molar-refractivity contribution < 1.29 is 0 Å². The summed E-state index contributed by atoms with van der Waals surface area (Å²) in [5.74, 6) is 2.50. The van der Waals surface area contributed by atoms with Crippen LogP contribution in [0.15, 0.2) is 24.3 Å². The third-order valence-corrected chi connectivity index (χ3v) is 4.67. The molecule has 0 amide bonds. The van der Waals surface area contributed by atoms with E-state index < -0.39 is 0 Å². The molecule has 2 nitrogen and oxygen atoms in total. The van der Waals surface area contributed by atoms with Crippen molar-refractivity contribution in [2.75, 3.05) is 31.1 Å². The Labute approximate surface area is 115 Å². The predicted molar refractivity (Wildman–Crippen MR) is 81.1 cm³/mol. The van der Waals surface area contributed by atoms with Crippen LogP contribution in [0.5, 0.6) is 0 Å². The van der Waals surface area contributed by atoms with E-state index in [1.807, 2.05) is 11.8 Å². The van der Waals surface area contributed by atoms with E-state index >= 15 is 0 Å². The van der Waals surface area contributed by atoms with E-state index in [2.05, 4.69) is 36.1 Å². The molecule has 3 heteroatoms. The lowest BCUT2D eigenvalue weighted by molar-refractivity contribution is 0.190. The first-order chi connectivity index (χ1) is 8.86. The molecule has 1 aromatic carbocycles. The van der Waals surface area contributed by atoms with Gasteiger partial charge in [0.2, 0.25) is 0 Å². The fourth-order valence-corrected chi connectivity index (χ4v) is 3.38. The number of fused-ring (bicyclic) bond motifs is 1. The SMILES string of the molecule is CCSCCCN1CCc2ccccc2C1CN. The number of hydrogen-bond donors (Lipinski definition) is 1. The van der Waals surface area contributed by atoms with Gasteiger partial charge in [-0.25, -0.2) is 0 Å². The number of hydrogen-bond acceptors (Lipinski definition) is 3. The van der Waals surface area contributed by atoms with E-state index in [0.29, 0.717) is 6.04 Å². The monoisotopic (exact) mass is 264 g/mol. The summed E-state index contributed by atoms with van der Waals surface area (Å²) in [4.78, 5) is 2.57. The zero-order valence-electron chi connectivity index (χ0n) is 11.3. The van der Waals surface area contributed by atoms with Gasteiger partial charge in [-0.1, -0.05) is 31.2 Å². The molecule has 1 atom stereocenters. The molecule has 0 spiro atoms. The first-order valence-electron chi connectivity index (χ1n) is 6.96. The van der Waals surface area contributed by atoms with Crippen molar-refractivity contribution in [1.29, 1.82) is 0 Å². The van der Waals surface area contributed by atoms with Crippen molar-refractivity contribution in [3.05, 3.63) is 35.4 Å². The molecule has 0 aliphatic carbocycles. The highest BCUT2D eigenvalue weighted by Gasteiger charge is 2.25. The van der Waals surface area contributed by atoms with Gasteiger partial charge in [0.1, 0.15) is 0 Å². The van der Waals surface area contributed by atoms with E-state index in [1.165, 1.54) is 42.0 Å². The zero-order valence-corrected chi connectivity index (χ0v) is 12.1. The first-order valence-corrected chi connectivity index (χ1v) is 8.12. The molecule has 1 unspecified atom stereocenters. The molecule has 1 aromatic rings. The van der Waals surface area contributed by atoms with Gasteiger partial charge in [0.25, 0.3) is 0 Å². The van der Waals surface area contributed by atoms with Gasteiger partial charge in [0, 0.05) is 19.1 Å². The quantitative estimate of drug-likeness (QED) is 0.801. The van der Waals surface area contributed by atoms with Gasteiger partial charge in [-0.3, -0.25) is 4.90 Å². The van der Waals surface area contributed by atoms with Crippen LogP contribution in [0.1, 0.15) is 30.5 Å². The van der Waals surface area contributed by atoms with Crippen LogP contribution in [-0.4, -0.2) is 36.0 Å². The van der Waals surface area contributed by atoms with Gasteiger partial charge in [-0.2, -0.15) is 11.8 Å². The van der Waals surface area contributed by atoms with Crippen LogP contribution in [0, 0.1) is 0 Å². The summed E-state index contributed by atoms with van der Waals surface area (Å²) in [5, 5.41) is 0. The van der Waals surface area contributed by atoms with Crippen LogP contribution >= 0.6 is 11.8 Å². The fourth-order valence-electron chi connectivity index (χ4n) is 2.76. The largest absolute Gasteiger partial charge is 0.329 e. The second-order valence-corrected chi connectivity index (χ2v) is 6.18. The van der Waals surface area contributed by atoms with E-state index in [0.717, 1.165) is 13.1 Å². The van der Waals surface area contributed by atoms with Gasteiger partial charge in [-0.05, 0) is 42.0 Å². The van der Waals surface area contributed by atoms with Gasteiger partial charge < -0.3 is 5.73 Å². The lowest BCUT2D eigenvalue weighted by atomic mass is 9.92. The molecule has 0 fully saturated rings. The van der Waals surface area contributed by atoms with Crippen molar-refractivity contribution in [2.24, 2.45) is 5.73 Å². The Bertz CT molecular complexity index is 367. The minimum Gasteiger partial charge on any atom is -0.329 e. The summed E-state index contributed by atoms with van der Waals surface area (Å²) in [5.41, 5.74) is 8.94. The Morgan fingerprint density at radius 1 is 1.39 bits per heavy atom. The lowest BCUT2D eigenvalue weighted by Gasteiger charge is -2.36. The molecule has 2 N–H and O–H groups in total. The Hall–Kier alpha value is -0.510. The molecule has 1 aliphatic heterocycles. The molecule has 2 rings (SSSR count). The molecule has 0 saturated carbocycles. The topological polar surface area (TPSA) is 29.3 Å². The Morgan fingerprint density at radius 2 is 2.22 bits per heavy atom. The van der Waals surface area contributed by atoms with Gasteiger partial charge >= 0.3 is 0 Å². The van der Waals surface area contributed by atoms with Crippen molar-refractivity contribution in [1.82, 2.24) is 4.90 Å². The summed E-state index contributed by atoms with van der Waals surface area (Å²) < 4.78 is 0. The Kier molecular flexibility index (Phi) is 5.54. The zero-order chi connectivity index (χ0) is 12.8. The van der Waals surface area contributed by atoms with Crippen LogP contribution in [0.2, 0.25) is 0 Å². The van der Waals surface area contributed by atoms with E-state index in [1.54, 1.807) is 0 Å². The van der Waals surface area contributed by atoms with Crippen LogP contribution in [0.25, 0.3) is 0 Å². The molecule has 0 bridgehead atoms. The summed E-state index contributed by atoms with van der Waals surface area (Å²) in [7, 11) is 0. The summed E-state index contributed by atoms with van der Waals surface area (Å²) >= 11 is 2.03. The molecule has 1 heterocycles. The number of benzene rings is 1. The fraction of sp³-hybridized carbons (Fsp3) is 0.600. The molecule has 0 radical (unpaired) electrons. The molecule has 18 heavy (non-hydrogen) atoms. The van der Waals surface area contributed by atoms with Crippen LogP contribution in [-0.2, 0) is 6.42 Å². The molecule has 100 valence electrons. The predicted octanol–water partition coefficient (Wildman–Crippen LogP) is 2.69. The third-order valence-electron chi connectivity index (χ3n) is 3.68. The Morgan fingerprint density at radius 3 is 3.00 bits per heavy atom. The highest BCUT2D eigenvalue weighted by molar-refractivity contribution is 7.99. The molecule has 0 aromatic heterocycles. The van der Waals surface area contributed by atoms with Crippen molar-refractivity contribution in [3.8, 4) is 0 Å². The minimum absolute atomic E-state index is 0.432. The highest BCUT2D eigenvalue weighted by atomic mass is 32.2. The Balaban J connectivity index is 1.97. The normalized spacial score (nSPS) is 19.8. The molecule has 1 aliphatic rings. The summed E-state index contributed by atoms with van der Waals surface area (Å²) in [6.45, 7) is 5.31. The standard InChI is InChI=1S/C15H24N2S/c1-2-18-11-5-9-17-10-8-13-6-3-4-7-14(13)15(17)12-16/h3-4,6-7,15H,2,5,8-12,16H2,1H3. The first kappa shape index (κ1) is 13.9. The average Bonchev–Trinajstić information content (AvgIpc) is 2.43. The van der Waals surface area contributed by atoms with Crippen LogP contribution in [0.3, 0.4) is 0 Å². The number of thioether (sulfide) groups is 1. The van der Waals surface area contributed by atoms with E-state index in [-0.39, 0.29) is 0 Å². The number of nitrogens with zero attached hydrogens (tertiary/aromatic N) is 1. The van der Waals surface area contributed by atoms with E-state index in [9.17, 15) is 0 Å². The highest BCUT2D eigenvalue weighted by Crippen LogP contribution is 2.28. The van der Waals surface area contributed by atoms with Crippen LogP contribution in [0.4, 0.5) is 0 Å². The minimum atomic E-state index is 0.432. The number of nitrogens with two attached hydrogens (primary N) is 1. The maximum Gasteiger partial charge on any atom is 0.0473 e. The third kappa shape index (κ3) is 3.28. The van der Waals surface area contributed by atoms with Gasteiger partial charge in [0.15, 0.2) is 0 Å². The van der Waals surface area contributed by atoms with Gasteiger partial charge in [0.05, 0.1) is 0 Å². The maximum atomic E-state index is 5.99. The molecular weight excluding hydrogens is 240 g/mol. The van der Waals surface area contributed by atoms with Crippen molar-refractivity contribution in [3.63, 3.8) is 0 Å². The summed E-state index contributed by atoms with van der Waals surface area (Å²) in [6, 6.07) is 9.21. The molecule has 0 saturated heterocycles. The van der Waals surface area contributed by atoms with Crippen LogP contribution < -0.4 is 5.73 Å². The number of rotatable bonds is 6. The second kappa shape index (κ2) is 7.17. The van der Waals surface area contributed by atoms with Gasteiger partial charge in [-0.15, -0.1) is 0 Å². The van der Waals surface area contributed by atoms with Crippen molar-refractivity contribution in [2.45, 2.75) is 25.8 Å². The average molecular weight is 264 g/mol. The smallest absolute Gasteiger partial charge is 0.0473 e. The van der Waals surface area contributed by atoms with E-state index in [4.69, 9.17) is 5.73 Å².